The summed E-state index contributed by atoms with van der Waals surface area (Å²) in [4.78, 5) is 0. The normalized spacial score (nSPS) is 16.6. The number of anilines is 1. The molecule has 6 heteroatoms. The van der Waals surface area contributed by atoms with Gasteiger partial charge in [0, 0.05) is 11.8 Å². The Balaban J connectivity index is 1.69. The monoisotopic (exact) mass is 472 g/mol. The molecule has 1 heterocycles. The number of aryl methyl sites for hydroxylation is 1. The van der Waals surface area contributed by atoms with Gasteiger partial charge in [0.25, 0.3) is 0 Å². The van der Waals surface area contributed by atoms with Gasteiger partial charge in [-0.1, -0.05) is 70.0 Å². The van der Waals surface area contributed by atoms with Crippen LogP contribution in [0.25, 0.3) is 0 Å². The van der Waals surface area contributed by atoms with Crippen LogP contribution in [0.2, 0.25) is 0 Å². The van der Waals surface area contributed by atoms with Crippen molar-refractivity contribution in [3.63, 3.8) is 0 Å². The summed E-state index contributed by atoms with van der Waals surface area (Å²) >= 11 is 3.47. The molecule has 30 heavy (non-hydrogen) atoms. The molecule has 0 saturated heterocycles. The lowest BCUT2D eigenvalue weighted by atomic mass is 9.97. The fourth-order valence-electron chi connectivity index (χ4n) is 3.56. The third kappa shape index (κ3) is 4.29. The van der Waals surface area contributed by atoms with Crippen LogP contribution < -0.4 is 5.01 Å². The first kappa shape index (κ1) is 20.7. The number of nitrogens with zero attached hydrogens (tertiary/aromatic N) is 2. The van der Waals surface area contributed by atoms with Crippen molar-refractivity contribution in [2.75, 3.05) is 5.01 Å². The van der Waals surface area contributed by atoms with E-state index in [1.54, 1.807) is 0 Å². The van der Waals surface area contributed by atoms with Crippen LogP contribution in [0.3, 0.4) is 0 Å². The summed E-state index contributed by atoms with van der Waals surface area (Å²) in [6.45, 7) is 2.03. The summed E-state index contributed by atoms with van der Waals surface area (Å²) in [7, 11) is 0. The number of alkyl halides is 4. The second kappa shape index (κ2) is 8.26. The summed E-state index contributed by atoms with van der Waals surface area (Å²) < 4.78 is 38.7. The minimum absolute atomic E-state index is 0.0191. The first-order valence-electron chi connectivity index (χ1n) is 9.61. The van der Waals surface area contributed by atoms with Crippen molar-refractivity contribution in [3.05, 3.63) is 101 Å². The van der Waals surface area contributed by atoms with Gasteiger partial charge in [-0.2, -0.15) is 18.3 Å². The molecule has 0 fully saturated rings. The van der Waals surface area contributed by atoms with Crippen LogP contribution in [0.5, 0.6) is 0 Å². The molecule has 0 N–H and O–H groups in total. The third-order valence-corrected chi connectivity index (χ3v) is 5.92. The summed E-state index contributed by atoms with van der Waals surface area (Å²) in [5.41, 5.74) is 5.24. The van der Waals surface area contributed by atoms with Crippen LogP contribution in [0.4, 0.5) is 18.9 Å². The van der Waals surface area contributed by atoms with E-state index in [4.69, 9.17) is 5.10 Å². The fraction of sp³-hybridized carbons (Fsp3) is 0.208. The van der Waals surface area contributed by atoms with Crippen LogP contribution in [0.15, 0.2) is 77.9 Å². The Hall–Kier alpha value is -2.60. The minimum Gasteiger partial charge on any atom is -0.257 e. The molecule has 3 aromatic carbocycles. The highest BCUT2D eigenvalue weighted by atomic mass is 79.9. The zero-order valence-electron chi connectivity index (χ0n) is 16.3. The van der Waals surface area contributed by atoms with Gasteiger partial charge >= 0.3 is 6.18 Å². The summed E-state index contributed by atoms with van der Waals surface area (Å²) in [5.74, 6) is 0. The lowest BCUT2D eigenvalue weighted by Crippen LogP contribution is -2.18. The Morgan fingerprint density at radius 2 is 1.57 bits per heavy atom. The van der Waals surface area contributed by atoms with Gasteiger partial charge in [-0.05, 0) is 47.9 Å². The molecule has 4 rings (SSSR count). The molecule has 1 aliphatic heterocycles. The molecule has 0 bridgehead atoms. The van der Waals surface area contributed by atoms with Gasteiger partial charge in [0.05, 0.1) is 23.0 Å². The van der Waals surface area contributed by atoms with Crippen molar-refractivity contribution in [1.82, 2.24) is 0 Å². The molecule has 2 nitrogen and oxygen atoms in total. The maximum Gasteiger partial charge on any atom is 0.416 e. The van der Waals surface area contributed by atoms with Crippen LogP contribution in [0.1, 0.15) is 40.3 Å². The van der Waals surface area contributed by atoms with E-state index in [9.17, 15) is 13.2 Å². The summed E-state index contributed by atoms with van der Waals surface area (Å²) in [5, 5.41) is 7.56. The van der Waals surface area contributed by atoms with E-state index in [2.05, 4.69) is 40.2 Å². The average molecular weight is 473 g/mol. The molecule has 0 amide bonds. The average Bonchev–Trinajstić information content (AvgIpc) is 3.19. The molecule has 154 valence electrons. The van der Waals surface area contributed by atoms with E-state index in [0.717, 1.165) is 40.0 Å². The van der Waals surface area contributed by atoms with Gasteiger partial charge in [-0.15, -0.1) is 0 Å². The maximum atomic E-state index is 12.9. The predicted octanol–water partition coefficient (Wildman–Crippen LogP) is 7.26. The smallest absolute Gasteiger partial charge is 0.257 e. The Bertz CT molecular complexity index is 1040. The van der Waals surface area contributed by atoms with Crippen LogP contribution in [-0.4, -0.2) is 5.71 Å². The maximum absolute atomic E-state index is 12.9. The Morgan fingerprint density at radius 1 is 0.933 bits per heavy atom. The Morgan fingerprint density at radius 3 is 2.13 bits per heavy atom. The molecule has 0 aliphatic carbocycles. The first-order chi connectivity index (χ1) is 14.3. The molecule has 0 aromatic heterocycles. The van der Waals surface area contributed by atoms with Crippen LogP contribution in [0, 0.1) is 6.92 Å². The van der Waals surface area contributed by atoms with Gasteiger partial charge in [-0.25, -0.2) is 0 Å². The summed E-state index contributed by atoms with van der Waals surface area (Å²) in [6.07, 6.45) is -3.73. The molecule has 3 aromatic rings. The van der Waals surface area contributed by atoms with E-state index >= 15 is 0 Å². The van der Waals surface area contributed by atoms with Crippen molar-refractivity contribution in [2.45, 2.75) is 30.9 Å². The van der Waals surface area contributed by atoms with Gasteiger partial charge in [0.2, 0.25) is 0 Å². The van der Waals surface area contributed by atoms with E-state index in [1.807, 2.05) is 36.2 Å². The van der Waals surface area contributed by atoms with Crippen LogP contribution >= 0.6 is 15.9 Å². The van der Waals surface area contributed by atoms with E-state index in [-0.39, 0.29) is 6.04 Å². The van der Waals surface area contributed by atoms with Crippen molar-refractivity contribution in [2.24, 2.45) is 5.10 Å². The number of rotatable bonds is 4. The topological polar surface area (TPSA) is 15.6 Å². The first-order valence-corrected chi connectivity index (χ1v) is 10.7. The number of hydrogen-bond donors (Lipinski definition) is 0. The second-order valence-electron chi connectivity index (χ2n) is 7.40. The highest BCUT2D eigenvalue weighted by Crippen LogP contribution is 2.37. The number of hydrogen-bond acceptors (Lipinski definition) is 2. The largest absolute Gasteiger partial charge is 0.416 e. The molecule has 0 radical (unpaired) electrons. The van der Waals surface area contributed by atoms with Crippen molar-refractivity contribution < 1.29 is 13.2 Å². The molecule has 1 unspecified atom stereocenters. The second-order valence-corrected chi connectivity index (χ2v) is 7.96. The lowest BCUT2D eigenvalue weighted by Gasteiger charge is -2.24. The molecule has 0 saturated carbocycles. The number of benzene rings is 3. The summed E-state index contributed by atoms with van der Waals surface area (Å²) in [6, 6.07) is 21.7. The van der Waals surface area contributed by atoms with Crippen molar-refractivity contribution in [3.8, 4) is 0 Å². The number of halogens is 4. The Labute approximate surface area is 182 Å². The molecule has 0 spiro atoms. The van der Waals surface area contributed by atoms with Gasteiger partial charge in [0.1, 0.15) is 0 Å². The minimum atomic E-state index is -4.34. The SMILES string of the molecule is Cc1ccc(N2N=C(c3ccc(C(F)(F)F)cc3)CC2c2ccc(CBr)cc2)cc1. The van der Waals surface area contributed by atoms with Gasteiger partial charge in [0.15, 0.2) is 0 Å². The highest BCUT2D eigenvalue weighted by molar-refractivity contribution is 9.08. The zero-order chi connectivity index (χ0) is 21.3. The van der Waals surface area contributed by atoms with Crippen molar-refractivity contribution in [1.29, 1.82) is 0 Å². The lowest BCUT2D eigenvalue weighted by molar-refractivity contribution is -0.137. The predicted molar refractivity (Wildman–Crippen MR) is 118 cm³/mol. The van der Waals surface area contributed by atoms with Gasteiger partial charge < -0.3 is 0 Å². The molecule has 1 atom stereocenters. The molecular weight excluding hydrogens is 453 g/mol. The third-order valence-electron chi connectivity index (χ3n) is 5.27. The van der Waals surface area contributed by atoms with E-state index < -0.39 is 11.7 Å². The molecular formula is C24H20BrF3N2. The zero-order valence-corrected chi connectivity index (χ0v) is 17.9. The van der Waals surface area contributed by atoms with Crippen LogP contribution in [-0.2, 0) is 11.5 Å². The standard InChI is InChI=1S/C24H20BrF3N2/c1-16-2-12-21(13-3-16)30-23(19-6-4-17(15-25)5-7-19)14-22(29-30)18-8-10-20(11-9-18)24(26,27)28/h2-13,23H,14-15H2,1H3. The number of hydrazone groups is 1. The van der Waals surface area contributed by atoms with E-state index in [1.165, 1.54) is 17.7 Å². The van der Waals surface area contributed by atoms with Crippen molar-refractivity contribution >= 4 is 27.3 Å². The van der Waals surface area contributed by atoms with E-state index in [0.29, 0.717) is 12.0 Å². The molecule has 1 aliphatic rings. The fourth-order valence-corrected chi connectivity index (χ4v) is 3.93. The highest BCUT2D eigenvalue weighted by Gasteiger charge is 2.32. The van der Waals surface area contributed by atoms with Gasteiger partial charge in [-0.3, -0.25) is 5.01 Å². The Kier molecular flexibility index (Phi) is 5.69. The quantitative estimate of drug-likeness (QED) is 0.364.